The summed E-state index contributed by atoms with van der Waals surface area (Å²) >= 11 is 0. The van der Waals surface area contributed by atoms with E-state index in [9.17, 15) is 10.4 Å². The van der Waals surface area contributed by atoms with Crippen molar-refractivity contribution in [2.75, 3.05) is 7.11 Å². The fourth-order valence-electron chi connectivity index (χ4n) is 3.73. The average molecular weight is 447 g/mol. The number of nitrogens with one attached hydrogen (secondary N) is 1. The molecule has 2 bridgehead atoms. The number of rotatable bonds is 7. The lowest BCUT2D eigenvalue weighted by molar-refractivity contribution is -0.276. The first-order valence-corrected chi connectivity index (χ1v) is 13.6. The summed E-state index contributed by atoms with van der Waals surface area (Å²) in [6.45, 7) is 11.1. The van der Waals surface area contributed by atoms with E-state index in [4.69, 9.17) is 18.7 Å². The molecule has 7 nitrogen and oxygen atoms in total. The van der Waals surface area contributed by atoms with E-state index in [0.717, 1.165) is 5.56 Å². The average Bonchev–Trinajstić information content (AvgIpc) is 2.71. The molecule has 31 heavy (non-hydrogen) atoms. The van der Waals surface area contributed by atoms with Crippen LogP contribution < -0.4 is 5.48 Å². The van der Waals surface area contributed by atoms with E-state index < -0.39 is 32.4 Å². The molecule has 170 valence electrons. The van der Waals surface area contributed by atoms with Gasteiger partial charge in [-0.2, -0.15) is 10.7 Å². The van der Waals surface area contributed by atoms with Gasteiger partial charge in [0.25, 0.3) is 0 Å². The van der Waals surface area contributed by atoms with Crippen molar-refractivity contribution in [2.24, 2.45) is 0 Å². The monoisotopic (exact) mass is 446 g/mol. The van der Waals surface area contributed by atoms with Gasteiger partial charge in [0, 0.05) is 20.0 Å². The molecule has 2 aliphatic heterocycles. The number of nitriles is 1. The third-order valence-electron chi connectivity index (χ3n) is 6.64. The van der Waals surface area contributed by atoms with Gasteiger partial charge in [-0.3, -0.25) is 4.84 Å². The van der Waals surface area contributed by atoms with E-state index in [-0.39, 0.29) is 11.5 Å². The van der Waals surface area contributed by atoms with Crippen molar-refractivity contribution in [3.63, 3.8) is 0 Å². The van der Waals surface area contributed by atoms with Crippen LogP contribution in [0.1, 0.15) is 39.2 Å². The predicted octanol–water partition coefficient (Wildman–Crippen LogP) is 3.77. The number of hydrogen-bond acceptors (Lipinski definition) is 7. The third-order valence-corrected chi connectivity index (χ3v) is 11.1. The maximum atomic E-state index is 11.2. The normalized spacial score (nSPS) is 28.8. The molecule has 0 spiro atoms. The number of aliphatic hydroxyl groups is 1. The molecule has 1 aromatic rings. The van der Waals surface area contributed by atoms with Crippen molar-refractivity contribution >= 4 is 8.32 Å². The Morgan fingerprint density at radius 2 is 1.97 bits per heavy atom. The van der Waals surface area contributed by atoms with E-state index in [2.05, 4.69) is 45.4 Å². The summed E-state index contributed by atoms with van der Waals surface area (Å²) in [5, 5.41) is 20.9. The molecule has 0 saturated carbocycles. The molecule has 0 aromatic heterocycles. The molecule has 3 rings (SSSR count). The first-order chi connectivity index (χ1) is 14.5. The molecule has 1 fully saturated rings. The van der Waals surface area contributed by atoms with E-state index >= 15 is 0 Å². The highest BCUT2D eigenvalue weighted by Gasteiger charge is 2.58. The quantitative estimate of drug-likeness (QED) is 0.486. The molecular formula is C23H34N2O5Si. The molecular weight excluding hydrogens is 412 g/mol. The van der Waals surface area contributed by atoms with Crippen LogP contribution >= 0.6 is 0 Å². The molecule has 4 atom stereocenters. The molecule has 0 amide bonds. The lowest BCUT2D eigenvalue weighted by Crippen LogP contribution is -2.69. The van der Waals surface area contributed by atoms with Gasteiger partial charge in [0.05, 0.1) is 18.2 Å². The summed E-state index contributed by atoms with van der Waals surface area (Å²) in [5.74, 6) is 0.474. The lowest BCUT2D eigenvalue weighted by Gasteiger charge is -2.52. The fraction of sp³-hybridized carbons (Fsp3) is 0.609. The van der Waals surface area contributed by atoms with Crippen LogP contribution in [0.4, 0.5) is 0 Å². The highest BCUT2D eigenvalue weighted by Crippen LogP contribution is 2.46. The number of aliphatic hydroxyl groups excluding tert-OH is 1. The van der Waals surface area contributed by atoms with Crippen LogP contribution in [-0.4, -0.2) is 44.6 Å². The van der Waals surface area contributed by atoms with Crippen molar-refractivity contribution in [2.45, 2.75) is 82.4 Å². The zero-order valence-electron chi connectivity index (χ0n) is 19.3. The van der Waals surface area contributed by atoms with Gasteiger partial charge in [-0.1, -0.05) is 51.1 Å². The van der Waals surface area contributed by atoms with Crippen LogP contribution in [0, 0.1) is 11.3 Å². The molecule has 2 heterocycles. The highest BCUT2D eigenvalue weighted by molar-refractivity contribution is 6.74. The van der Waals surface area contributed by atoms with Gasteiger partial charge in [-0.15, -0.1) is 0 Å². The maximum absolute atomic E-state index is 11.2. The number of fused-ring (bicyclic) bond motifs is 2. The van der Waals surface area contributed by atoms with Crippen LogP contribution in [-0.2, 0) is 25.3 Å². The Kier molecular flexibility index (Phi) is 6.96. The van der Waals surface area contributed by atoms with Gasteiger partial charge in [-0.05, 0) is 23.7 Å². The molecule has 1 saturated heterocycles. The first kappa shape index (κ1) is 23.9. The Balaban J connectivity index is 1.85. The van der Waals surface area contributed by atoms with Gasteiger partial charge in [0.15, 0.2) is 8.32 Å². The third kappa shape index (κ3) is 4.72. The second-order valence-electron chi connectivity index (χ2n) is 9.77. The van der Waals surface area contributed by atoms with E-state index in [0.29, 0.717) is 24.4 Å². The summed E-state index contributed by atoms with van der Waals surface area (Å²) in [4.78, 5) is 5.74. The highest BCUT2D eigenvalue weighted by atomic mass is 28.4. The fourth-order valence-corrected chi connectivity index (χ4v) is 5.00. The number of methoxy groups -OCH3 is 1. The number of benzene rings is 1. The number of hydroxylamine groups is 1. The van der Waals surface area contributed by atoms with E-state index in [1.165, 1.54) is 0 Å². The minimum absolute atomic E-state index is 0.0133. The summed E-state index contributed by atoms with van der Waals surface area (Å²) < 4.78 is 18.5. The summed E-state index contributed by atoms with van der Waals surface area (Å²) in [5.41, 5.74) is 3.10. The van der Waals surface area contributed by atoms with Crippen molar-refractivity contribution in [1.29, 1.82) is 5.26 Å². The SMILES string of the molecule is COC1CC(C#N)=C2OC1(NOCc1ccccc1)C(O)CC2O[Si](C)(C)C(C)(C)C. The van der Waals surface area contributed by atoms with Crippen LogP contribution in [0.15, 0.2) is 41.7 Å². The largest absolute Gasteiger partial charge is 0.466 e. The van der Waals surface area contributed by atoms with Crippen molar-refractivity contribution < 1.29 is 23.8 Å². The van der Waals surface area contributed by atoms with Crippen LogP contribution in [0.2, 0.25) is 18.1 Å². The van der Waals surface area contributed by atoms with Crippen molar-refractivity contribution in [3.8, 4) is 6.07 Å². The molecule has 2 aliphatic rings. The minimum Gasteiger partial charge on any atom is -0.466 e. The van der Waals surface area contributed by atoms with Gasteiger partial charge >= 0.3 is 0 Å². The Morgan fingerprint density at radius 1 is 1.29 bits per heavy atom. The second-order valence-corrected chi connectivity index (χ2v) is 14.5. The summed E-state index contributed by atoms with van der Waals surface area (Å²) in [7, 11) is -0.616. The Morgan fingerprint density at radius 3 is 2.55 bits per heavy atom. The van der Waals surface area contributed by atoms with Crippen molar-refractivity contribution in [1.82, 2.24) is 5.48 Å². The van der Waals surface area contributed by atoms with Crippen LogP contribution in [0.5, 0.6) is 0 Å². The van der Waals surface area contributed by atoms with Crippen molar-refractivity contribution in [3.05, 3.63) is 47.2 Å². The smallest absolute Gasteiger partial charge is 0.234 e. The van der Waals surface area contributed by atoms with E-state index in [1.807, 2.05) is 30.3 Å². The molecule has 1 aromatic carbocycles. The Bertz CT molecular complexity index is 846. The molecule has 2 N–H and O–H groups in total. The maximum Gasteiger partial charge on any atom is 0.234 e. The molecule has 0 radical (unpaired) electrons. The number of ether oxygens (including phenoxy) is 2. The topological polar surface area (TPSA) is 93.0 Å². The first-order valence-electron chi connectivity index (χ1n) is 10.7. The molecule has 4 unspecified atom stereocenters. The van der Waals surface area contributed by atoms with Gasteiger partial charge in [0.1, 0.15) is 24.1 Å². The minimum atomic E-state index is -2.16. The van der Waals surface area contributed by atoms with Crippen LogP contribution in [0.25, 0.3) is 0 Å². The zero-order valence-corrected chi connectivity index (χ0v) is 20.3. The second kappa shape index (κ2) is 9.02. The predicted molar refractivity (Wildman–Crippen MR) is 119 cm³/mol. The standard InChI is InChI=1S/C23H34N2O5Si/c1-22(2,3)31(5,6)30-18-13-19(26)23(25-28-15-16-10-8-7-9-11-16)20(27-4)12-17(14-24)21(18)29-23/h7-11,18-20,25-26H,12-13,15H2,1-6H3. The summed E-state index contributed by atoms with van der Waals surface area (Å²) in [6, 6.07) is 12.0. The van der Waals surface area contributed by atoms with E-state index in [1.54, 1.807) is 7.11 Å². The van der Waals surface area contributed by atoms with Gasteiger partial charge < -0.3 is 19.0 Å². The van der Waals surface area contributed by atoms with Crippen LogP contribution in [0.3, 0.4) is 0 Å². The Hall–Kier alpha value is -1.73. The number of nitrogens with zero attached hydrogens (tertiary/aromatic N) is 1. The Labute approximate surface area is 186 Å². The lowest BCUT2D eigenvalue weighted by atomic mass is 9.83. The van der Waals surface area contributed by atoms with Gasteiger partial charge in [-0.25, -0.2) is 0 Å². The number of hydrogen-bond donors (Lipinski definition) is 2. The molecule has 0 aliphatic carbocycles. The zero-order chi connectivity index (χ0) is 22.9. The van der Waals surface area contributed by atoms with Gasteiger partial charge in [0.2, 0.25) is 5.72 Å². The summed E-state index contributed by atoms with van der Waals surface area (Å²) in [6.07, 6.45) is -1.43. The molecule has 8 heteroatoms.